The number of nitrogens with zero attached hydrogens (tertiary/aromatic N) is 4. The first-order valence-corrected chi connectivity index (χ1v) is 11.9. The van der Waals surface area contributed by atoms with E-state index in [0.717, 1.165) is 26.4 Å². The van der Waals surface area contributed by atoms with Gasteiger partial charge in [-0.1, -0.05) is 66.0 Å². The molecule has 0 aliphatic carbocycles. The highest BCUT2D eigenvalue weighted by molar-refractivity contribution is 8.00. The van der Waals surface area contributed by atoms with Crippen molar-refractivity contribution >= 4 is 45.1 Å². The monoisotopic (exact) mass is 444 g/mol. The van der Waals surface area contributed by atoms with Crippen LogP contribution in [0, 0.1) is 0 Å². The minimum Gasteiger partial charge on any atom is -0.394 e. The van der Waals surface area contributed by atoms with Gasteiger partial charge in [-0.3, -0.25) is 0 Å². The molecule has 0 unspecified atom stereocenters. The molecule has 2 aromatic heterocycles. The van der Waals surface area contributed by atoms with Gasteiger partial charge in [-0.05, 0) is 17.7 Å². The van der Waals surface area contributed by atoms with Crippen molar-refractivity contribution in [1.29, 1.82) is 0 Å². The fourth-order valence-electron chi connectivity index (χ4n) is 2.72. The van der Waals surface area contributed by atoms with Crippen LogP contribution in [0.2, 0.25) is 0 Å². The molecule has 2 aromatic carbocycles. The van der Waals surface area contributed by atoms with Gasteiger partial charge < -0.3 is 14.8 Å². The minimum absolute atomic E-state index is 0.264. The Morgan fingerprint density at radius 2 is 1.79 bits per heavy atom. The molecule has 150 valence electrons. The van der Waals surface area contributed by atoms with Crippen molar-refractivity contribution < 1.29 is 10.2 Å². The summed E-state index contributed by atoms with van der Waals surface area (Å²) in [5, 5.41) is 28.2. The van der Waals surface area contributed by atoms with E-state index in [-0.39, 0.29) is 6.61 Å². The lowest BCUT2D eigenvalue weighted by Crippen LogP contribution is -2.15. The van der Waals surface area contributed by atoms with E-state index < -0.39 is 6.10 Å². The smallest absolute Gasteiger partial charge is 0.191 e. The Morgan fingerprint density at radius 1 is 1.00 bits per heavy atom. The Labute approximate surface area is 181 Å². The second kappa shape index (κ2) is 9.73. The van der Waals surface area contributed by atoms with Crippen molar-refractivity contribution in [2.75, 3.05) is 12.4 Å². The maximum absolute atomic E-state index is 9.69. The molecule has 1 atom stereocenters. The highest BCUT2D eigenvalue weighted by Crippen LogP contribution is 2.32. The normalized spacial score (nSPS) is 12.5. The average molecular weight is 445 g/mol. The number of thioether (sulfide) groups is 2. The number of para-hydroxylation sites is 1. The highest BCUT2D eigenvalue weighted by Gasteiger charge is 2.16. The molecule has 0 aliphatic heterocycles. The van der Waals surface area contributed by atoms with Crippen LogP contribution in [0.5, 0.6) is 0 Å². The average Bonchev–Trinajstić information content (AvgIpc) is 3.34. The zero-order valence-corrected chi connectivity index (χ0v) is 18.0. The summed E-state index contributed by atoms with van der Waals surface area (Å²) in [7, 11) is 0. The molecule has 4 aromatic rings. The lowest BCUT2D eigenvalue weighted by molar-refractivity contribution is 0.113. The van der Waals surface area contributed by atoms with Gasteiger partial charge in [0.05, 0.1) is 35.2 Å². The van der Waals surface area contributed by atoms with Gasteiger partial charge >= 0.3 is 0 Å². The first-order valence-electron chi connectivity index (χ1n) is 9.09. The molecule has 0 amide bonds. The van der Waals surface area contributed by atoms with Crippen LogP contribution in [-0.4, -0.2) is 48.4 Å². The molecule has 29 heavy (non-hydrogen) atoms. The maximum atomic E-state index is 9.69. The summed E-state index contributed by atoms with van der Waals surface area (Å²) in [4.78, 5) is 4.68. The van der Waals surface area contributed by atoms with Crippen molar-refractivity contribution in [1.82, 2.24) is 19.7 Å². The molecule has 4 rings (SSSR count). The quantitative estimate of drug-likeness (QED) is 0.381. The van der Waals surface area contributed by atoms with Crippen LogP contribution in [0.1, 0.15) is 11.4 Å². The third-order valence-corrected chi connectivity index (χ3v) is 7.48. The Kier molecular flexibility index (Phi) is 6.83. The van der Waals surface area contributed by atoms with Crippen LogP contribution >= 0.6 is 34.9 Å². The first kappa shape index (κ1) is 20.4. The second-order valence-corrected chi connectivity index (χ2v) is 9.59. The molecule has 9 heteroatoms. The van der Waals surface area contributed by atoms with Crippen LogP contribution in [0.25, 0.3) is 10.2 Å². The third-order valence-electron chi connectivity index (χ3n) is 4.19. The molecule has 0 radical (unpaired) electrons. The number of aromatic nitrogens is 4. The van der Waals surface area contributed by atoms with E-state index in [1.165, 1.54) is 16.5 Å². The van der Waals surface area contributed by atoms with Crippen LogP contribution in [-0.2, 0) is 12.3 Å². The van der Waals surface area contributed by atoms with E-state index in [0.29, 0.717) is 18.1 Å². The van der Waals surface area contributed by atoms with Gasteiger partial charge in [0.15, 0.2) is 9.50 Å². The summed E-state index contributed by atoms with van der Waals surface area (Å²) in [6.07, 6.45) is -0.776. The molecule has 0 saturated heterocycles. The summed E-state index contributed by atoms with van der Waals surface area (Å²) >= 11 is 4.73. The standard InChI is InChI=1S/C20H20N4O2S3/c25-11-15(26)12-27-19-23-22-18(24(19)10-14-6-2-1-3-7-14)13-28-20-21-16-8-4-5-9-17(16)29-20/h1-9,15,25-26H,10-13H2/t15-/m1/s1. The van der Waals surface area contributed by atoms with Crippen molar-refractivity contribution in [3.63, 3.8) is 0 Å². The molecule has 0 spiro atoms. The lowest BCUT2D eigenvalue weighted by Gasteiger charge is -2.11. The maximum Gasteiger partial charge on any atom is 0.191 e. The first-order chi connectivity index (χ1) is 14.2. The van der Waals surface area contributed by atoms with Crippen molar-refractivity contribution in [2.45, 2.75) is 27.9 Å². The second-order valence-electron chi connectivity index (χ2n) is 6.35. The zero-order valence-electron chi connectivity index (χ0n) is 15.5. The zero-order chi connectivity index (χ0) is 20.1. The fourth-order valence-corrected chi connectivity index (χ4v) is 5.60. The van der Waals surface area contributed by atoms with Gasteiger partial charge in [0, 0.05) is 5.75 Å². The predicted octanol–water partition coefficient (Wildman–Crippen LogP) is 3.67. The Balaban J connectivity index is 1.53. The van der Waals surface area contributed by atoms with Crippen molar-refractivity contribution in [3.8, 4) is 0 Å². The van der Waals surface area contributed by atoms with E-state index in [1.807, 2.05) is 36.4 Å². The van der Waals surface area contributed by atoms with Crippen LogP contribution in [0.15, 0.2) is 64.1 Å². The number of thiazole rings is 1. The molecule has 0 saturated carbocycles. The van der Waals surface area contributed by atoms with E-state index in [9.17, 15) is 5.11 Å². The van der Waals surface area contributed by atoms with Gasteiger partial charge in [-0.15, -0.1) is 21.5 Å². The van der Waals surface area contributed by atoms with Gasteiger partial charge in [-0.25, -0.2) is 4.98 Å². The van der Waals surface area contributed by atoms with Crippen LogP contribution in [0.3, 0.4) is 0 Å². The molecular formula is C20H20N4O2S3. The van der Waals surface area contributed by atoms with Gasteiger partial charge in [0.2, 0.25) is 0 Å². The Morgan fingerprint density at radius 3 is 2.59 bits per heavy atom. The Bertz CT molecular complexity index is 1030. The van der Waals surface area contributed by atoms with Gasteiger partial charge in [-0.2, -0.15) is 0 Å². The number of hydrogen-bond donors (Lipinski definition) is 2. The molecule has 0 bridgehead atoms. The predicted molar refractivity (Wildman–Crippen MR) is 119 cm³/mol. The Hall–Kier alpha value is -1.91. The number of aliphatic hydroxyl groups is 2. The summed E-state index contributed by atoms with van der Waals surface area (Å²) in [5.74, 6) is 1.89. The summed E-state index contributed by atoms with van der Waals surface area (Å²) in [5.41, 5.74) is 2.17. The highest BCUT2D eigenvalue weighted by atomic mass is 32.2. The largest absolute Gasteiger partial charge is 0.394 e. The fraction of sp³-hybridized carbons (Fsp3) is 0.250. The topological polar surface area (TPSA) is 84.1 Å². The molecular weight excluding hydrogens is 424 g/mol. The van der Waals surface area contributed by atoms with E-state index in [4.69, 9.17) is 5.11 Å². The summed E-state index contributed by atoms with van der Waals surface area (Å²) < 4.78 is 4.25. The summed E-state index contributed by atoms with van der Waals surface area (Å²) in [6, 6.07) is 18.3. The van der Waals surface area contributed by atoms with Crippen molar-refractivity contribution in [2.24, 2.45) is 0 Å². The third kappa shape index (κ3) is 5.18. The number of rotatable bonds is 9. The van der Waals surface area contributed by atoms with E-state index in [2.05, 4.69) is 37.9 Å². The SMILES string of the molecule is OC[C@@H](O)CSc1nnc(CSc2nc3ccccc3s2)n1Cc1ccccc1. The minimum atomic E-state index is -0.776. The van der Waals surface area contributed by atoms with Gasteiger partial charge in [0.25, 0.3) is 0 Å². The van der Waals surface area contributed by atoms with E-state index >= 15 is 0 Å². The molecule has 0 aliphatic rings. The molecule has 2 heterocycles. The summed E-state index contributed by atoms with van der Waals surface area (Å²) in [6.45, 7) is 0.390. The molecule has 2 N–H and O–H groups in total. The lowest BCUT2D eigenvalue weighted by atomic mass is 10.2. The van der Waals surface area contributed by atoms with Crippen LogP contribution in [0.4, 0.5) is 0 Å². The number of aliphatic hydroxyl groups excluding tert-OH is 2. The number of fused-ring (bicyclic) bond motifs is 1. The number of hydrogen-bond acceptors (Lipinski definition) is 8. The molecule has 0 fully saturated rings. The van der Waals surface area contributed by atoms with Crippen molar-refractivity contribution in [3.05, 3.63) is 66.0 Å². The van der Waals surface area contributed by atoms with Crippen LogP contribution < -0.4 is 0 Å². The van der Waals surface area contributed by atoms with Gasteiger partial charge in [0.1, 0.15) is 5.82 Å². The van der Waals surface area contributed by atoms with E-state index in [1.54, 1.807) is 23.1 Å². The molecule has 6 nitrogen and oxygen atoms in total. The number of benzene rings is 2.